The molecule has 20 heavy (non-hydrogen) atoms. The Kier molecular flexibility index (Phi) is 4.98. The van der Waals surface area contributed by atoms with Crippen LogP contribution in [0.4, 0.5) is 10.1 Å². The van der Waals surface area contributed by atoms with Gasteiger partial charge in [-0.1, -0.05) is 6.07 Å². The van der Waals surface area contributed by atoms with Crippen LogP contribution in [0.2, 0.25) is 0 Å². The van der Waals surface area contributed by atoms with Crippen LogP contribution in [-0.4, -0.2) is 35.2 Å². The number of nitro groups is 1. The largest absolute Gasteiger partial charge is 0.485 e. The van der Waals surface area contributed by atoms with E-state index in [9.17, 15) is 19.3 Å². The predicted octanol–water partition coefficient (Wildman–Crippen LogP) is 1.57. The highest BCUT2D eigenvalue weighted by molar-refractivity contribution is 5.78. The summed E-state index contributed by atoms with van der Waals surface area (Å²) in [5.41, 5.74) is -1.74. The highest BCUT2D eigenvalue weighted by Gasteiger charge is 2.31. The molecule has 0 bridgehead atoms. The molecule has 0 aliphatic carbocycles. The highest BCUT2D eigenvalue weighted by atomic mass is 19.1. The first-order valence-corrected chi connectivity index (χ1v) is 5.80. The summed E-state index contributed by atoms with van der Waals surface area (Å²) in [6, 6.07) is 3.36. The number of nitro benzene ring substituents is 1. The molecule has 0 fully saturated rings. The van der Waals surface area contributed by atoms with Crippen molar-refractivity contribution in [2.45, 2.75) is 18.9 Å². The van der Waals surface area contributed by atoms with Crippen molar-refractivity contribution < 1.29 is 24.0 Å². The Morgan fingerprint density at radius 3 is 2.75 bits per heavy atom. The molecule has 0 spiro atoms. The fourth-order valence-electron chi connectivity index (χ4n) is 1.48. The van der Waals surface area contributed by atoms with Crippen LogP contribution in [0.1, 0.15) is 13.3 Å². The number of likely N-dealkylation sites (N-methyl/N-ethyl adjacent to an activating group) is 1. The van der Waals surface area contributed by atoms with E-state index in [1.54, 1.807) is 0 Å². The summed E-state index contributed by atoms with van der Waals surface area (Å²) in [5, 5.41) is 22.4. The minimum atomic E-state index is -1.25. The number of nitrogens with one attached hydrogen (secondary N) is 1. The van der Waals surface area contributed by atoms with Crippen molar-refractivity contribution in [3.63, 3.8) is 0 Å². The Morgan fingerprint density at radius 2 is 2.25 bits per heavy atom. The van der Waals surface area contributed by atoms with Gasteiger partial charge < -0.3 is 15.2 Å². The molecule has 0 aliphatic rings. The number of carboxylic acid groups (broad SMARTS) is 1. The Hall–Kier alpha value is -2.22. The minimum Gasteiger partial charge on any atom is -0.485 e. The van der Waals surface area contributed by atoms with Crippen LogP contribution >= 0.6 is 0 Å². The lowest BCUT2D eigenvalue weighted by molar-refractivity contribution is -0.386. The second-order valence-corrected chi connectivity index (χ2v) is 4.33. The smallest absolute Gasteiger partial charge is 0.323 e. The first kappa shape index (κ1) is 15.8. The number of benzene rings is 1. The maximum Gasteiger partial charge on any atom is 0.323 e. The quantitative estimate of drug-likeness (QED) is 0.582. The van der Waals surface area contributed by atoms with Gasteiger partial charge in [-0.2, -0.15) is 0 Å². The van der Waals surface area contributed by atoms with Crippen molar-refractivity contribution in [2.24, 2.45) is 0 Å². The Labute approximate surface area is 114 Å². The van der Waals surface area contributed by atoms with E-state index in [1.807, 2.05) is 0 Å². The fraction of sp³-hybridized carbons (Fsp3) is 0.417. The van der Waals surface area contributed by atoms with E-state index in [1.165, 1.54) is 20.0 Å². The van der Waals surface area contributed by atoms with Gasteiger partial charge in [-0.3, -0.25) is 14.9 Å². The number of halogens is 1. The molecule has 0 heterocycles. The lowest BCUT2D eigenvalue weighted by Crippen LogP contribution is -2.48. The molecule has 1 rings (SSSR count). The molecule has 0 radical (unpaired) electrons. The number of nitrogens with zero attached hydrogens (tertiary/aromatic N) is 1. The molecule has 2 N–H and O–H groups in total. The number of carbonyl (C=O) groups is 1. The number of carboxylic acids is 1. The van der Waals surface area contributed by atoms with Gasteiger partial charge >= 0.3 is 11.7 Å². The second-order valence-electron chi connectivity index (χ2n) is 4.33. The number of rotatable bonds is 7. The van der Waals surface area contributed by atoms with Gasteiger partial charge in [0.2, 0.25) is 5.75 Å². The molecular formula is C12H15FN2O5. The first-order chi connectivity index (χ1) is 9.31. The third kappa shape index (κ3) is 3.41. The number of hydrogen-bond acceptors (Lipinski definition) is 5. The monoisotopic (exact) mass is 286 g/mol. The molecule has 1 atom stereocenters. The molecule has 1 aromatic rings. The molecule has 7 nitrogen and oxygen atoms in total. The number of aliphatic carboxylic acids is 1. The number of para-hydroxylation sites is 1. The van der Waals surface area contributed by atoms with E-state index in [-0.39, 0.29) is 13.0 Å². The maximum absolute atomic E-state index is 13.5. The summed E-state index contributed by atoms with van der Waals surface area (Å²) >= 11 is 0. The topological polar surface area (TPSA) is 102 Å². The number of hydrogen-bond donors (Lipinski definition) is 2. The van der Waals surface area contributed by atoms with Gasteiger partial charge in [0.15, 0.2) is 5.82 Å². The molecule has 1 aromatic carbocycles. The van der Waals surface area contributed by atoms with Crippen LogP contribution in [0.5, 0.6) is 5.75 Å². The van der Waals surface area contributed by atoms with Crippen LogP contribution in [0.25, 0.3) is 0 Å². The van der Waals surface area contributed by atoms with E-state index in [0.29, 0.717) is 0 Å². The second kappa shape index (κ2) is 6.29. The standard InChI is InChI=1S/C12H15FN2O5/c1-12(14-2,11(16)17)6-7-20-10-8(13)4-3-5-9(10)15(18)19/h3-5,14H,6-7H2,1-2H3,(H,16,17). The summed E-state index contributed by atoms with van der Waals surface area (Å²) in [6.45, 7) is 1.26. The van der Waals surface area contributed by atoms with Crippen molar-refractivity contribution in [1.82, 2.24) is 5.32 Å². The summed E-state index contributed by atoms with van der Waals surface area (Å²) in [4.78, 5) is 21.0. The van der Waals surface area contributed by atoms with E-state index in [0.717, 1.165) is 12.1 Å². The molecule has 110 valence electrons. The van der Waals surface area contributed by atoms with Crippen LogP contribution < -0.4 is 10.1 Å². The fourth-order valence-corrected chi connectivity index (χ4v) is 1.48. The van der Waals surface area contributed by atoms with Crippen molar-refractivity contribution in [1.29, 1.82) is 0 Å². The van der Waals surface area contributed by atoms with E-state index >= 15 is 0 Å². The molecule has 0 saturated heterocycles. The first-order valence-electron chi connectivity index (χ1n) is 5.80. The number of ether oxygens (including phenoxy) is 1. The van der Waals surface area contributed by atoms with Crippen LogP contribution in [-0.2, 0) is 4.79 Å². The van der Waals surface area contributed by atoms with E-state index in [4.69, 9.17) is 9.84 Å². The molecule has 1 unspecified atom stereocenters. The maximum atomic E-state index is 13.5. The average Bonchev–Trinajstić information content (AvgIpc) is 2.39. The van der Waals surface area contributed by atoms with Crippen molar-refractivity contribution in [2.75, 3.05) is 13.7 Å². The zero-order chi connectivity index (χ0) is 15.3. The average molecular weight is 286 g/mol. The molecule has 0 aromatic heterocycles. The lowest BCUT2D eigenvalue weighted by atomic mass is 9.99. The summed E-state index contributed by atoms with van der Waals surface area (Å²) in [6.07, 6.45) is 0.0182. The van der Waals surface area contributed by atoms with Crippen LogP contribution in [0.15, 0.2) is 18.2 Å². The van der Waals surface area contributed by atoms with Gasteiger partial charge in [0.05, 0.1) is 11.5 Å². The van der Waals surface area contributed by atoms with Gasteiger partial charge in [0.25, 0.3) is 0 Å². The van der Waals surface area contributed by atoms with Gasteiger partial charge in [0.1, 0.15) is 5.54 Å². The molecular weight excluding hydrogens is 271 g/mol. The zero-order valence-electron chi connectivity index (χ0n) is 11.1. The normalized spacial score (nSPS) is 13.6. The van der Waals surface area contributed by atoms with Gasteiger partial charge in [-0.15, -0.1) is 0 Å². The minimum absolute atomic E-state index is 0.0182. The van der Waals surface area contributed by atoms with Crippen molar-refractivity contribution in [3.8, 4) is 5.75 Å². The molecule has 8 heteroatoms. The van der Waals surface area contributed by atoms with Gasteiger partial charge in [-0.05, 0) is 20.0 Å². The SMILES string of the molecule is CNC(C)(CCOc1c(F)cccc1[N+](=O)[O-])C(=O)O. The van der Waals surface area contributed by atoms with Crippen molar-refractivity contribution in [3.05, 3.63) is 34.1 Å². The van der Waals surface area contributed by atoms with E-state index < -0.39 is 33.7 Å². The lowest BCUT2D eigenvalue weighted by Gasteiger charge is -2.23. The third-order valence-electron chi connectivity index (χ3n) is 3.02. The Morgan fingerprint density at radius 1 is 1.60 bits per heavy atom. The van der Waals surface area contributed by atoms with Crippen LogP contribution in [0.3, 0.4) is 0 Å². The van der Waals surface area contributed by atoms with Gasteiger partial charge in [-0.25, -0.2) is 4.39 Å². The predicted molar refractivity (Wildman–Crippen MR) is 68.3 cm³/mol. The van der Waals surface area contributed by atoms with Gasteiger partial charge in [0, 0.05) is 12.5 Å². The zero-order valence-corrected chi connectivity index (χ0v) is 11.1. The molecule has 0 aliphatic heterocycles. The third-order valence-corrected chi connectivity index (χ3v) is 3.02. The summed E-state index contributed by atoms with van der Waals surface area (Å²) < 4.78 is 18.6. The van der Waals surface area contributed by atoms with E-state index in [2.05, 4.69) is 5.32 Å². The summed E-state index contributed by atoms with van der Waals surface area (Å²) in [7, 11) is 1.47. The highest BCUT2D eigenvalue weighted by Crippen LogP contribution is 2.30. The van der Waals surface area contributed by atoms with Crippen LogP contribution in [0, 0.1) is 15.9 Å². The Bertz CT molecular complexity index is 523. The molecule has 0 amide bonds. The summed E-state index contributed by atoms with van der Waals surface area (Å²) in [5.74, 6) is -2.44. The van der Waals surface area contributed by atoms with Crippen molar-refractivity contribution >= 4 is 11.7 Å². The molecule has 0 saturated carbocycles. The Balaban J connectivity index is 2.81.